The number of aryl methyl sites for hydroxylation is 1. The Kier molecular flexibility index (Phi) is 5.13. The van der Waals surface area contributed by atoms with Crippen molar-refractivity contribution in [3.63, 3.8) is 0 Å². The molecule has 2 heterocycles. The molecule has 1 N–H and O–H groups in total. The van der Waals surface area contributed by atoms with Crippen molar-refractivity contribution in [1.29, 1.82) is 0 Å². The lowest BCUT2D eigenvalue weighted by Crippen LogP contribution is -2.44. The predicted octanol–water partition coefficient (Wildman–Crippen LogP) is 3.14. The van der Waals surface area contributed by atoms with E-state index in [1.807, 2.05) is 6.20 Å². The number of rotatable bonds is 5. The monoisotopic (exact) mass is 312 g/mol. The van der Waals surface area contributed by atoms with Gasteiger partial charge in [-0.2, -0.15) is 0 Å². The Bertz CT molecular complexity index is 610. The van der Waals surface area contributed by atoms with Gasteiger partial charge in [-0.3, -0.25) is 4.57 Å². The lowest BCUT2D eigenvalue weighted by Gasteiger charge is -2.35. The molecule has 1 aliphatic rings. The maximum Gasteiger partial charge on any atom is 0.110 e. The summed E-state index contributed by atoms with van der Waals surface area (Å²) >= 11 is 0. The number of para-hydroxylation sites is 1. The number of likely N-dealkylation sites (tertiary alicyclic amines) is 1. The highest BCUT2D eigenvalue weighted by molar-refractivity contribution is 5.35. The van der Waals surface area contributed by atoms with E-state index in [1.54, 1.807) is 0 Å². The first-order valence-electron chi connectivity index (χ1n) is 8.71. The minimum atomic E-state index is 0.615. The average Bonchev–Trinajstić information content (AvgIpc) is 2.95. The summed E-state index contributed by atoms with van der Waals surface area (Å²) < 4.78 is 2.25. The zero-order chi connectivity index (χ0) is 16.2. The van der Waals surface area contributed by atoms with Gasteiger partial charge in [0.25, 0.3) is 0 Å². The van der Waals surface area contributed by atoms with Crippen LogP contribution in [0.1, 0.15) is 38.2 Å². The minimum Gasteiger partial charge on any atom is -0.308 e. The summed E-state index contributed by atoms with van der Waals surface area (Å²) in [4.78, 5) is 7.07. The molecule has 1 fully saturated rings. The molecule has 1 saturated heterocycles. The van der Waals surface area contributed by atoms with Gasteiger partial charge in [-0.25, -0.2) is 4.98 Å². The van der Waals surface area contributed by atoms with Crippen molar-refractivity contribution in [2.45, 2.75) is 52.2 Å². The summed E-state index contributed by atoms with van der Waals surface area (Å²) in [6, 6.07) is 11.8. The molecule has 4 heteroatoms. The van der Waals surface area contributed by atoms with Crippen molar-refractivity contribution in [1.82, 2.24) is 19.8 Å². The smallest absolute Gasteiger partial charge is 0.110 e. The van der Waals surface area contributed by atoms with Crippen LogP contribution in [0.25, 0.3) is 5.69 Å². The summed E-state index contributed by atoms with van der Waals surface area (Å²) in [5, 5.41) is 3.73. The van der Waals surface area contributed by atoms with Crippen molar-refractivity contribution < 1.29 is 0 Å². The Hall–Kier alpha value is -1.65. The van der Waals surface area contributed by atoms with Gasteiger partial charge in [0.05, 0.1) is 11.9 Å². The minimum absolute atomic E-state index is 0.615. The first-order valence-corrected chi connectivity index (χ1v) is 8.71. The largest absolute Gasteiger partial charge is 0.308 e. The molecule has 3 rings (SSSR count). The highest BCUT2D eigenvalue weighted by atomic mass is 15.2. The van der Waals surface area contributed by atoms with Gasteiger partial charge in [0, 0.05) is 24.3 Å². The normalized spacial score (nSPS) is 17.0. The second kappa shape index (κ2) is 7.28. The fourth-order valence-corrected chi connectivity index (χ4v) is 3.41. The SMILES string of the molecule is Cc1ncc(CNC2CCN(C(C)C)CC2)n1-c1ccccc1. The van der Waals surface area contributed by atoms with Crippen LogP contribution in [0.15, 0.2) is 36.5 Å². The van der Waals surface area contributed by atoms with Crippen LogP contribution in [-0.4, -0.2) is 39.6 Å². The van der Waals surface area contributed by atoms with E-state index in [0.29, 0.717) is 12.1 Å². The Balaban J connectivity index is 1.62. The number of hydrogen-bond acceptors (Lipinski definition) is 3. The van der Waals surface area contributed by atoms with Crippen molar-refractivity contribution >= 4 is 0 Å². The van der Waals surface area contributed by atoms with E-state index >= 15 is 0 Å². The van der Waals surface area contributed by atoms with Crippen LogP contribution >= 0.6 is 0 Å². The quantitative estimate of drug-likeness (QED) is 0.921. The molecule has 1 aromatic carbocycles. The van der Waals surface area contributed by atoms with Crippen molar-refractivity contribution in [3.8, 4) is 5.69 Å². The second-order valence-electron chi connectivity index (χ2n) is 6.75. The molecule has 0 aliphatic carbocycles. The number of benzene rings is 1. The number of hydrogen-bond donors (Lipinski definition) is 1. The van der Waals surface area contributed by atoms with Crippen LogP contribution < -0.4 is 5.32 Å². The molecular formula is C19H28N4. The van der Waals surface area contributed by atoms with E-state index in [2.05, 4.69) is 70.9 Å². The Labute approximate surface area is 139 Å². The van der Waals surface area contributed by atoms with Crippen LogP contribution in [-0.2, 0) is 6.54 Å². The molecule has 23 heavy (non-hydrogen) atoms. The predicted molar refractivity (Wildman–Crippen MR) is 94.9 cm³/mol. The van der Waals surface area contributed by atoms with Crippen LogP contribution in [0.2, 0.25) is 0 Å². The van der Waals surface area contributed by atoms with Crippen LogP contribution in [0.3, 0.4) is 0 Å². The topological polar surface area (TPSA) is 33.1 Å². The summed E-state index contributed by atoms with van der Waals surface area (Å²) in [7, 11) is 0. The van der Waals surface area contributed by atoms with E-state index in [-0.39, 0.29) is 0 Å². The van der Waals surface area contributed by atoms with Gasteiger partial charge in [0.2, 0.25) is 0 Å². The van der Waals surface area contributed by atoms with Gasteiger partial charge in [-0.1, -0.05) is 18.2 Å². The van der Waals surface area contributed by atoms with E-state index < -0.39 is 0 Å². The number of imidazole rings is 1. The third-order valence-electron chi connectivity index (χ3n) is 4.86. The lowest BCUT2D eigenvalue weighted by molar-refractivity contribution is 0.160. The van der Waals surface area contributed by atoms with Gasteiger partial charge < -0.3 is 10.2 Å². The third-order valence-corrected chi connectivity index (χ3v) is 4.86. The molecule has 4 nitrogen and oxygen atoms in total. The Morgan fingerprint density at radius 2 is 1.87 bits per heavy atom. The standard InChI is InChI=1S/C19H28N4/c1-15(2)22-11-9-17(10-12-22)21-14-19-13-20-16(3)23(19)18-7-5-4-6-8-18/h4-8,13,15,17,21H,9-12,14H2,1-3H3. The highest BCUT2D eigenvalue weighted by Crippen LogP contribution is 2.16. The van der Waals surface area contributed by atoms with Crippen LogP contribution in [0.4, 0.5) is 0 Å². The molecule has 0 unspecified atom stereocenters. The van der Waals surface area contributed by atoms with E-state index in [1.165, 1.54) is 37.3 Å². The van der Waals surface area contributed by atoms with E-state index in [9.17, 15) is 0 Å². The zero-order valence-corrected chi connectivity index (χ0v) is 14.5. The Morgan fingerprint density at radius 3 is 2.52 bits per heavy atom. The number of aromatic nitrogens is 2. The summed E-state index contributed by atoms with van der Waals surface area (Å²) in [6.45, 7) is 9.92. The van der Waals surface area contributed by atoms with Crippen LogP contribution in [0, 0.1) is 6.92 Å². The molecule has 0 amide bonds. The van der Waals surface area contributed by atoms with Gasteiger partial charge in [-0.15, -0.1) is 0 Å². The molecular weight excluding hydrogens is 284 g/mol. The van der Waals surface area contributed by atoms with Crippen molar-refractivity contribution in [3.05, 3.63) is 48.0 Å². The highest BCUT2D eigenvalue weighted by Gasteiger charge is 2.20. The van der Waals surface area contributed by atoms with E-state index in [4.69, 9.17) is 0 Å². The summed E-state index contributed by atoms with van der Waals surface area (Å²) in [6.07, 6.45) is 4.46. The van der Waals surface area contributed by atoms with Crippen molar-refractivity contribution in [2.75, 3.05) is 13.1 Å². The van der Waals surface area contributed by atoms with Gasteiger partial charge >= 0.3 is 0 Å². The van der Waals surface area contributed by atoms with Gasteiger partial charge in [0.1, 0.15) is 5.82 Å². The fraction of sp³-hybridized carbons (Fsp3) is 0.526. The molecule has 124 valence electrons. The second-order valence-corrected chi connectivity index (χ2v) is 6.75. The molecule has 0 saturated carbocycles. The van der Waals surface area contributed by atoms with Crippen molar-refractivity contribution in [2.24, 2.45) is 0 Å². The van der Waals surface area contributed by atoms with E-state index in [0.717, 1.165) is 12.4 Å². The summed E-state index contributed by atoms with van der Waals surface area (Å²) in [5.74, 6) is 1.04. The molecule has 0 radical (unpaired) electrons. The van der Waals surface area contributed by atoms with Gasteiger partial charge in [0.15, 0.2) is 0 Å². The average molecular weight is 312 g/mol. The lowest BCUT2D eigenvalue weighted by atomic mass is 10.0. The summed E-state index contributed by atoms with van der Waals surface area (Å²) in [5.41, 5.74) is 2.42. The number of nitrogens with zero attached hydrogens (tertiary/aromatic N) is 3. The maximum atomic E-state index is 4.51. The molecule has 2 aromatic rings. The molecule has 1 aromatic heterocycles. The first kappa shape index (κ1) is 16.2. The molecule has 0 atom stereocenters. The maximum absolute atomic E-state index is 4.51. The molecule has 0 spiro atoms. The first-order chi connectivity index (χ1) is 11.1. The third kappa shape index (κ3) is 3.82. The zero-order valence-electron chi connectivity index (χ0n) is 14.5. The fourth-order valence-electron chi connectivity index (χ4n) is 3.41. The molecule has 0 bridgehead atoms. The molecule has 1 aliphatic heterocycles. The number of piperidine rings is 1. The van der Waals surface area contributed by atoms with Gasteiger partial charge in [-0.05, 0) is 58.8 Å². The number of nitrogens with one attached hydrogen (secondary N) is 1. The Morgan fingerprint density at radius 1 is 1.17 bits per heavy atom. The van der Waals surface area contributed by atoms with Crippen LogP contribution in [0.5, 0.6) is 0 Å².